The second kappa shape index (κ2) is 9.87. The molecule has 140 valence electrons. The van der Waals surface area contributed by atoms with Gasteiger partial charge in [0.2, 0.25) is 5.91 Å². The fourth-order valence-electron chi connectivity index (χ4n) is 2.68. The van der Waals surface area contributed by atoms with E-state index >= 15 is 0 Å². The number of carbonyl (C=O) groups excluding carboxylic acids is 1. The number of rotatable bonds is 6. The van der Waals surface area contributed by atoms with Crippen molar-refractivity contribution in [2.75, 3.05) is 52.4 Å². The van der Waals surface area contributed by atoms with Gasteiger partial charge in [0.25, 0.3) is 0 Å². The van der Waals surface area contributed by atoms with Gasteiger partial charge in [-0.1, -0.05) is 34.6 Å². The normalized spacial score (nSPS) is 17.3. The second-order valence-electron chi connectivity index (χ2n) is 7.92. The Morgan fingerprint density at radius 1 is 1.12 bits per heavy atom. The fraction of sp³-hybridized carbons (Fsp3) is 0.889. The predicted octanol–water partition coefficient (Wildman–Crippen LogP) is 1.39. The smallest absolute Gasteiger partial charge is 0.225 e. The highest BCUT2D eigenvalue weighted by atomic mass is 16.2. The number of piperazine rings is 1. The summed E-state index contributed by atoms with van der Waals surface area (Å²) >= 11 is 0. The molecule has 1 aliphatic heterocycles. The van der Waals surface area contributed by atoms with Gasteiger partial charge in [-0.05, 0) is 12.8 Å². The molecule has 1 saturated heterocycles. The van der Waals surface area contributed by atoms with Crippen LogP contribution in [0.2, 0.25) is 0 Å². The summed E-state index contributed by atoms with van der Waals surface area (Å²) in [7, 11) is 0. The molecule has 0 aromatic rings. The van der Waals surface area contributed by atoms with Gasteiger partial charge in [0, 0.05) is 51.2 Å². The van der Waals surface area contributed by atoms with Gasteiger partial charge >= 0.3 is 0 Å². The van der Waals surface area contributed by atoms with Gasteiger partial charge in [0.15, 0.2) is 5.96 Å². The van der Waals surface area contributed by atoms with Crippen molar-refractivity contribution in [3.63, 3.8) is 0 Å². The summed E-state index contributed by atoms with van der Waals surface area (Å²) in [5.41, 5.74) is -0.346. The van der Waals surface area contributed by atoms with Gasteiger partial charge in [-0.15, -0.1) is 0 Å². The standard InChI is InChI=1S/C18H37N5O/c1-7-19-17(21-9-8-20-16(24)18(4,5)6)23-12-10-22(11-13-23)14-15(2)3/h15H,7-14H2,1-6H3,(H,19,21)(H,20,24). The summed E-state index contributed by atoms with van der Waals surface area (Å²) in [6.07, 6.45) is 0. The lowest BCUT2D eigenvalue weighted by molar-refractivity contribution is -0.128. The van der Waals surface area contributed by atoms with Crippen LogP contribution in [0, 0.1) is 11.3 Å². The first kappa shape index (κ1) is 20.7. The highest BCUT2D eigenvalue weighted by Crippen LogP contribution is 2.12. The molecule has 0 atom stereocenters. The third-order valence-corrected chi connectivity index (χ3v) is 3.97. The lowest BCUT2D eigenvalue weighted by Crippen LogP contribution is -2.53. The Morgan fingerprint density at radius 2 is 1.75 bits per heavy atom. The minimum atomic E-state index is -0.346. The van der Waals surface area contributed by atoms with Gasteiger partial charge < -0.3 is 15.5 Å². The Hall–Kier alpha value is -1.30. The van der Waals surface area contributed by atoms with Crippen LogP contribution in [0.5, 0.6) is 0 Å². The van der Waals surface area contributed by atoms with E-state index in [-0.39, 0.29) is 11.3 Å². The first-order valence-electron chi connectivity index (χ1n) is 9.28. The number of guanidine groups is 1. The van der Waals surface area contributed by atoms with Crippen molar-refractivity contribution in [1.82, 2.24) is 20.4 Å². The molecule has 0 aliphatic carbocycles. The van der Waals surface area contributed by atoms with Crippen LogP contribution in [-0.4, -0.2) is 74.0 Å². The molecule has 0 radical (unpaired) electrons. The molecule has 0 aromatic heterocycles. The molecular weight excluding hydrogens is 302 g/mol. The zero-order valence-corrected chi connectivity index (χ0v) is 16.5. The average molecular weight is 340 g/mol. The van der Waals surface area contributed by atoms with E-state index in [1.54, 1.807) is 0 Å². The summed E-state index contributed by atoms with van der Waals surface area (Å²) in [4.78, 5) is 21.4. The Kier molecular flexibility index (Phi) is 8.53. The van der Waals surface area contributed by atoms with E-state index in [0.717, 1.165) is 38.7 Å². The van der Waals surface area contributed by atoms with Crippen molar-refractivity contribution in [1.29, 1.82) is 0 Å². The van der Waals surface area contributed by atoms with Crippen LogP contribution in [0.4, 0.5) is 0 Å². The van der Waals surface area contributed by atoms with Crippen LogP contribution < -0.4 is 10.6 Å². The van der Waals surface area contributed by atoms with Crippen molar-refractivity contribution < 1.29 is 4.79 Å². The van der Waals surface area contributed by atoms with Crippen molar-refractivity contribution in [3.8, 4) is 0 Å². The SMILES string of the molecule is CCNC(=NCCNC(=O)C(C)(C)C)N1CCN(CC(C)C)CC1. The van der Waals surface area contributed by atoms with Crippen molar-refractivity contribution in [2.45, 2.75) is 41.5 Å². The highest BCUT2D eigenvalue weighted by Gasteiger charge is 2.21. The lowest BCUT2D eigenvalue weighted by Gasteiger charge is -2.37. The first-order chi connectivity index (χ1) is 11.2. The Balaban J connectivity index is 2.45. The van der Waals surface area contributed by atoms with Crippen LogP contribution in [0.3, 0.4) is 0 Å². The molecule has 6 heteroatoms. The Labute approximate surface area is 148 Å². The van der Waals surface area contributed by atoms with E-state index in [4.69, 9.17) is 0 Å². The summed E-state index contributed by atoms with van der Waals surface area (Å²) in [6.45, 7) is 19.8. The minimum absolute atomic E-state index is 0.0741. The number of nitrogens with one attached hydrogen (secondary N) is 2. The van der Waals surface area contributed by atoms with Gasteiger partial charge in [0.05, 0.1) is 6.54 Å². The number of amides is 1. The Morgan fingerprint density at radius 3 is 2.25 bits per heavy atom. The molecule has 6 nitrogen and oxygen atoms in total. The molecule has 1 amide bonds. The number of nitrogens with zero attached hydrogens (tertiary/aromatic N) is 3. The van der Waals surface area contributed by atoms with Crippen molar-refractivity contribution >= 4 is 11.9 Å². The van der Waals surface area contributed by atoms with E-state index < -0.39 is 0 Å². The van der Waals surface area contributed by atoms with Crippen molar-refractivity contribution in [3.05, 3.63) is 0 Å². The van der Waals surface area contributed by atoms with Crippen LogP contribution in [0.15, 0.2) is 4.99 Å². The maximum absolute atomic E-state index is 11.9. The van der Waals surface area contributed by atoms with Crippen LogP contribution in [-0.2, 0) is 4.79 Å². The molecule has 1 aliphatic rings. The zero-order chi connectivity index (χ0) is 18.2. The summed E-state index contributed by atoms with van der Waals surface area (Å²) in [6, 6.07) is 0. The molecule has 0 saturated carbocycles. The lowest BCUT2D eigenvalue weighted by atomic mass is 9.96. The quantitative estimate of drug-likeness (QED) is 0.436. The van der Waals surface area contributed by atoms with Crippen LogP contribution >= 0.6 is 0 Å². The summed E-state index contributed by atoms with van der Waals surface area (Å²) < 4.78 is 0. The fourth-order valence-corrected chi connectivity index (χ4v) is 2.68. The maximum Gasteiger partial charge on any atom is 0.225 e. The molecule has 24 heavy (non-hydrogen) atoms. The average Bonchev–Trinajstić information content (AvgIpc) is 2.49. The summed E-state index contributed by atoms with van der Waals surface area (Å²) in [5, 5.41) is 6.32. The minimum Gasteiger partial charge on any atom is -0.357 e. The van der Waals surface area contributed by atoms with Gasteiger partial charge in [-0.25, -0.2) is 0 Å². The van der Waals surface area contributed by atoms with Gasteiger partial charge in [-0.3, -0.25) is 14.7 Å². The summed E-state index contributed by atoms with van der Waals surface area (Å²) in [5.74, 6) is 1.75. The molecule has 1 fully saturated rings. The van der Waals surface area contributed by atoms with Crippen LogP contribution in [0.1, 0.15) is 41.5 Å². The molecular formula is C18H37N5O. The number of carbonyl (C=O) groups is 1. The number of hydrogen-bond acceptors (Lipinski definition) is 3. The third-order valence-electron chi connectivity index (χ3n) is 3.97. The van der Waals surface area contributed by atoms with E-state index in [2.05, 4.69) is 46.2 Å². The molecule has 1 rings (SSSR count). The van der Waals surface area contributed by atoms with Gasteiger partial charge in [-0.2, -0.15) is 0 Å². The van der Waals surface area contributed by atoms with E-state index in [1.165, 1.54) is 6.54 Å². The zero-order valence-electron chi connectivity index (χ0n) is 16.5. The highest BCUT2D eigenvalue weighted by molar-refractivity contribution is 5.81. The molecule has 0 unspecified atom stereocenters. The monoisotopic (exact) mass is 339 g/mol. The number of aliphatic imine (C=N–C) groups is 1. The van der Waals surface area contributed by atoms with Gasteiger partial charge in [0.1, 0.15) is 0 Å². The largest absolute Gasteiger partial charge is 0.357 e. The predicted molar refractivity (Wildman–Crippen MR) is 101 cm³/mol. The van der Waals surface area contributed by atoms with E-state index in [0.29, 0.717) is 19.0 Å². The van der Waals surface area contributed by atoms with E-state index in [1.807, 2.05) is 20.8 Å². The third kappa shape index (κ3) is 7.51. The molecule has 1 heterocycles. The maximum atomic E-state index is 11.9. The number of hydrogen-bond donors (Lipinski definition) is 2. The molecule has 2 N–H and O–H groups in total. The first-order valence-corrected chi connectivity index (χ1v) is 9.28. The van der Waals surface area contributed by atoms with E-state index in [9.17, 15) is 4.79 Å². The van der Waals surface area contributed by atoms with Crippen molar-refractivity contribution in [2.24, 2.45) is 16.3 Å². The molecule has 0 spiro atoms. The van der Waals surface area contributed by atoms with Crippen LogP contribution in [0.25, 0.3) is 0 Å². The Bertz CT molecular complexity index is 406. The molecule has 0 bridgehead atoms. The second-order valence-corrected chi connectivity index (χ2v) is 7.92. The topological polar surface area (TPSA) is 60.0 Å². The molecule has 0 aromatic carbocycles.